The lowest BCUT2D eigenvalue weighted by molar-refractivity contribution is -0.154. The Labute approximate surface area is 139 Å². The molecule has 0 saturated carbocycles. The van der Waals surface area contributed by atoms with Crippen LogP contribution in [0.25, 0.3) is 11.3 Å². The lowest BCUT2D eigenvalue weighted by Crippen LogP contribution is -2.33. The van der Waals surface area contributed by atoms with Crippen molar-refractivity contribution in [2.45, 2.75) is 19.6 Å². The summed E-state index contributed by atoms with van der Waals surface area (Å²) in [4.78, 5) is 30.6. The Bertz CT molecular complexity index is 790. The predicted molar refractivity (Wildman–Crippen MR) is 79.8 cm³/mol. The molecule has 2 aromatic rings. The average Bonchev–Trinajstić information content (AvgIpc) is 2.55. The summed E-state index contributed by atoms with van der Waals surface area (Å²) in [6, 6.07) is 2.18. The molecule has 0 fully saturated rings. The van der Waals surface area contributed by atoms with E-state index in [2.05, 4.69) is 25.1 Å². The summed E-state index contributed by atoms with van der Waals surface area (Å²) in [5.74, 6) is -0.374. The second kappa shape index (κ2) is 7.73. The molecule has 0 atom stereocenters. The fourth-order valence-corrected chi connectivity index (χ4v) is 1.77. The van der Waals surface area contributed by atoms with Crippen molar-refractivity contribution < 1.29 is 22.7 Å². The number of halogens is 3. The molecule has 8 nitrogen and oxygen atoms in total. The van der Waals surface area contributed by atoms with E-state index in [0.29, 0.717) is 12.1 Å². The Morgan fingerprint density at radius 2 is 1.96 bits per heavy atom. The highest BCUT2D eigenvalue weighted by molar-refractivity contribution is 5.75. The van der Waals surface area contributed by atoms with Gasteiger partial charge in [0.1, 0.15) is 6.54 Å². The lowest BCUT2D eigenvalue weighted by atomic mass is 10.2. The van der Waals surface area contributed by atoms with Crippen LogP contribution in [0.4, 0.5) is 13.2 Å². The summed E-state index contributed by atoms with van der Waals surface area (Å²) in [6.07, 6.45) is -2.07. The van der Waals surface area contributed by atoms with Crippen LogP contribution in [-0.2, 0) is 11.3 Å². The molecule has 2 heterocycles. The van der Waals surface area contributed by atoms with Gasteiger partial charge < -0.3 is 10.1 Å². The number of alkyl halides is 3. The average molecular weight is 357 g/mol. The summed E-state index contributed by atoms with van der Waals surface area (Å²) in [7, 11) is 0. The van der Waals surface area contributed by atoms with Crippen molar-refractivity contribution in [3.8, 4) is 17.3 Å². The largest absolute Gasteiger partial charge is 0.454 e. The van der Waals surface area contributed by atoms with Crippen molar-refractivity contribution in [1.29, 1.82) is 0 Å². The number of hydrogen-bond acceptors (Lipinski definition) is 6. The van der Waals surface area contributed by atoms with Crippen molar-refractivity contribution in [3.05, 3.63) is 34.9 Å². The number of nitrogens with one attached hydrogen (secondary N) is 1. The Morgan fingerprint density at radius 3 is 2.56 bits per heavy atom. The van der Waals surface area contributed by atoms with E-state index in [4.69, 9.17) is 0 Å². The van der Waals surface area contributed by atoms with E-state index >= 15 is 0 Å². The standard InChI is InChI=1S/C14H14F3N5O3/c1-2-18-11(23)7-22-12(24)4-3-10(21-22)9-5-19-13(20-6-9)25-8-14(15,16)17/h3-6H,2,7-8H2,1H3,(H,18,23). The van der Waals surface area contributed by atoms with Gasteiger partial charge in [0.15, 0.2) is 6.61 Å². The van der Waals surface area contributed by atoms with Gasteiger partial charge in [0, 0.05) is 30.6 Å². The lowest BCUT2D eigenvalue weighted by Gasteiger charge is -2.08. The Kier molecular flexibility index (Phi) is 5.67. The van der Waals surface area contributed by atoms with Crippen LogP contribution in [-0.4, -0.2) is 45.0 Å². The molecule has 0 bridgehead atoms. The maximum Gasteiger partial charge on any atom is 0.422 e. The van der Waals surface area contributed by atoms with Crippen LogP contribution in [0.5, 0.6) is 6.01 Å². The van der Waals surface area contributed by atoms with E-state index < -0.39 is 24.4 Å². The Morgan fingerprint density at radius 1 is 1.28 bits per heavy atom. The molecular weight excluding hydrogens is 343 g/mol. The first-order chi connectivity index (χ1) is 11.8. The number of ether oxygens (including phenoxy) is 1. The number of carbonyl (C=O) groups is 1. The van der Waals surface area contributed by atoms with Crippen LogP contribution in [0, 0.1) is 0 Å². The van der Waals surface area contributed by atoms with Crippen LogP contribution in [0.3, 0.4) is 0 Å². The normalized spacial score (nSPS) is 11.2. The minimum absolute atomic E-state index is 0.256. The number of nitrogens with zero attached hydrogens (tertiary/aromatic N) is 4. The molecule has 1 amide bonds. The fraction of sp³-hybridized carbons (Fsp3) is 0.357. The number of rotatable bonds is 6. The van der Waals surface area contributed by atoms with Gasteiger partial charge in [-0.05, 0) is 13.0 Å². The number of likely N-dealkylation sites (N-methyl/N-ethyl adjacent to an activating group) is 1. The molecule has 0 unspecified atom stereocenters. The van der Waals surface area contributed by atoms with Gasteiger partial charge in [0.2, 0.25) is 5.91 Å². The van der Waals surface area contributed by atoms with Gasteiger partial charge in [-0.3, -0.25) is 9.59 Å². The van der Waals surface area contributed by atoms with E-state index in [0.717, 1.165) is 4.68 Å². The van der Waals surface area contributed by atoms with Gasteiger partial charge in [-0.2, -0.15) is 18.3 Å². The zero-order chi connectivity index (χ0) is 18.4. The summed E-state index contributed by atoms with van der Waals surface area (Å²) in [6.45, 7) is 0.404. The predicted octanol–water partition coefficient (Wildman–Crippen LogP) is 0.777. The molecule has 0 aliphatic carbocycles. The first-order valence-electron chi connectivity index (χ1n) is 7.15. The zero-order valence-corrected chi connectivity index (χ0v) is 13.1. The molecule has 2 rings (SSSR count). The van der Waals surface area contributed by atoms with Crippen molar-refractivity contribution in [2.75, 3.05) is 13.2 Å². The second-order valence-electron chi connectivity index (χ2n) is 4.83. The van der Waals surface area contributed by atoms with Crippen LogP contribution in [0.1, 0.15) is 6.92 Å². The van der Waals surface area contributed by atoms with Gasteiger partial charge >= 0.3 is 12.2 Å². The highest BCUT2D eigenvalue weighted by Crippen LogP contribution is 2.18. The molecule has 0 saturated heterocycles. The molecular formula is C14H14F3N5O3. The maximum absolute atomic E-state index is 12.1. The monoisotopic (exact) mass is 357 g/mol. The maximum atomic E-state index is 12.1. The van der Waals surface area contributed by atoms with Crippen LogP contribution >= 0.6 is 0 Å². The highest BCUT2D eigenvalue weighted by atomic mass is 19.4. The number of carbonyl (C=O) groups excluding carboxylic acids is 1. The molecule has 0 spiro atoms. The molecule has 0 aliphatic heterocycles. The van der Waals surface area contributed by atoms with Crippen molar-refractivity contribution in [3.63, 3.8) is 0 Å². The molecule has 1 N–H and O–H groups in total. The molecule has 2 aromatic heterocycles. The summed E-state index contributed by atoms with van der Waals surface area (Å²) < 4.78 is 41.6. The van der Waals surface area contributed by atoms with E-state index in [1.54, 1.807) is 6.92 Å². The quantitative estimate of drug-likeness (QED) is 0.820. The molecule has 0 aromatic carbocycles. The van der Waals surface area contributed by atoms with Gasteiger partial charge in [-0.25, -0.2) is 14.6 Å². The summed E-state index contributed by atoms with van der Waals surface area (Å²) in [5.41, 5.74) is 0.163. The first kappa shape index (κ1) is 18.4. The highest BCUT2D eigenvalue weighted by Gasteiger charge is 2.28. The third kappa shape index (κ3) is 5.55. The van der Waals surface area contributed by atoms with Gasteiger partial charge in [0.25, 0.3) is 5.56 Å². The smallest absolute Gasteiger partial charge is 0.422 e. The third-order valence-corrected chi connectivity index (χ3v) is 2.82. The van der Waals surface area contributed by atoms with E-state index in [9.17, 15) is 22.8 Å². The Hall–Kier alpha value is -2.98. The van der Waals surface area contributed by atoms with Gasteiger partial charge in [0.05, 0.1) is 5.69 Å². The first-order valence-corrected chi connectivity index (χ1v) is 7.15. The third-order valence-electron chi connectivity index (χ3n) is 2.82. The van der Waals surface area contributed by atoms with Crippen LogP contribution in [0.2, 0.25) is 0 Å². The summed E-state index contributed by atoms with van der Waals surface area (Å²) >= 11 is 0. The second-order valence-corrected chi connectivity index (χ2v) is 4.83. The molecule has 0 aliphatic rings. The molecule has 134 valence electrons. The fourth-order valence-electron chi connectivity index (χ4n) is 1.77. The van der Waals surface area contributed by atoms with E-state index in [1.807, 2.05) is 0 Å². The van der Waals surface area contributed by atoms with E-state index in [1.165, 1.54) is 24.5 Å². The SMILES string of the molecule is CCNC(=O)Cn1nc(-c2cnc(OCC(F)(F)F)nc2)ccc1=O. The number of amides is 1. The minimum atomic E-state index is -4.49. The minimum Gasteiger partial charge on any atom is -0.454 e. The molecule has 25 heavy (non-hydrogen) atoms. The van der Waals surface area contributed by atoms with Crippen LogP contribution in [0.15, 0.2) is 29.3 Å². The topological polar surface area (TPSA) is 99.0 Å². The number of aromatic nitrogens is 4. The number of hydrogen-bond donors (Lipinski definition) is 1. The van der Waals surface area contributed by atoms with Gasteiger partial charge in [-0.15, -0.1) is 0 Å². The van der Waals surface area contributed by atoms with Gasteiger partial charge in [-0.1, -0.05) is 0 Å². The van der Waals surface area contributed by atoms with E-state index in [-0.39, 0.29) is 18.1 Å². The summed E-state index contributed by atoms with van der Waals surface area (Å²) in [5, 5.41) is 6.56. The Balaban J connectivity index is 2.15. The molecule has 11 heteroatoms. The van der Waals surface area contributed by atoms with Crippen molar-refractivity contribution in [1.82, 2.24) is 25.1 Å². The van der Waals surface area contributed by atoms with Crippen molar-refractivity contribution in [2.24, 2.45) is 0 Å². The zero-order valence-electron chi connectivity index (χ0n) is 13.1. The molecule has 0 radical (unpaired) electrons. The van der Waals surface area contributed by atoms with Crippen molar-refractivity contribution >= 4 is 5.91 Å². The van der Waals surface area contributed by atoms with Crippen LogP contribution < -0.4 is 15.6 Å².